The van der Waals surface area contributed by atoms with E-state index in [4.69, 9.17) is 4.74 Å². The second-order valence-corrected chi connectivity index (χ2v) is 9.91. The maximum atomic E-state index is 12.4. The number of rotatable bonds is 11. The van der Waals surface area contributed by atoms with Crippen molar-refractivity contribution in [2.24, 2.45) is 0 Å². The Morgan fingerprint density at radius 2 is 2.08 bits per heavy atom. The first-order valence-corrected chi connectivity index (χ1v) is 13.2. The van der Waals surface area contributed by atoms with Crippen LogP contribution >= 0.6 is 0 Å². The van der Waals surface area contributed by atoms with E-state index >= 15 is 0 Å². The minimum atomic E-state index is -0.652. The minimum Gasteiger partial charge on any atom is -0.488 e. The molecule has 1 aromatic heterocycles. The molecule has 0 saturated carbocycles. The van der Waals surface area contributed by atoms with Gasteiger partial charge in [-0.2, -0.15) is 5.26 Å². The minimum absolute atomic E-state index is 0.0795. The number of benzene rings is 2. The van der Waals surface area contributed by atoms with Crippen molar-refractivity contribution in [3.8, 4) is 11.8 Å². The van der Waals surface area contributed by atoms with E-state index in [0.29, 0.717) is 30.9 Å². The van der Waals surface area contributed by atoms with Crippen LogP contribution in [0.1, 0.15) is 41.2 Å². The Labute approximate surface area is 235 Å². The van der Waals surface area contributed by atoms with Gasteiger partial charge in [0.2, 0.25) is 5.91 Å². The summed E-state index contributed by atoms with van der Waals surface area (Å²) in [4.78, 5) is 18.2. The number of aliphatic hydroxyl groups excluding tert-OH is 1. The highest BCUT2D eigenvalue weighted by atomic mass is 16.5. The Morgan fingerprint density at radius 3 is 2.77 bits per heavy atom. The highest BCUT2D eigenvalue weighted by molar-refractivity contribution is 5.79. The van der Waals surface area contributed by atoms with Crippen LogP contribution in [0.2, 0.25) is 0 Å². The van der Waals surface area contributed by atoms with E-state index in [1.807, 2.05) is 43.3 Å². The first kappa shape index (κ1) is 28.3. The molecule has 1 amide bonds. The van der Waals surface area contributed by atoms with Crippen molar-refractivity contribution in [2.75, 3.05) is 18.4 Å². The molecule has 1 fully saturated rings. The van der Waals surface area contributed by atoms with Gasteiger partial charge in [0.15, 0.2) is 0 Å². The predicted octanol–water partition coefficient (Wildman–Crippen LogP) is 5.56. The number of aliphatic hydroxyl groups is 1. The van der Waals surface area contributed by atoms with Gasteiger partial charge in [-0.1, -0.05) is 55.1 Å². The first-order valence-electron chi connectivity index (χ1n) is 13.2. The Bertz CT molecular complexity index is 1470. The smallest absolute Gasteiger partial charge is 0.225 e. The van der Waals surface area contributed by atoms with E-state index < -0.39 is 6.10 Å². The SMILES string of the molecule is C=C/C=C(CNc1cc(OCc2cncc(C#N)c2)c(CN2C[C@@H](O)CC2=O)cc1C)\C(C)=C\c1ccccc1. The number of nitrogens with one attached hydrogen (secondary N) is 1. The number of aromatic nitrogens is 1. The summed E-state index contributed by atoms with van der Waals surface area (Å²) < 4.78 is 6.24. The molecule has 4 rings (SSSR count). The fourth-order valence-electron chi connectivity index (χ4n) is 4.65. The van der Waals surface area contributed by atoms with Gasteiger partial charge >= 0.3 is 0 Å². The lowest BCUT2D eigenvalue weighted by Crippen LogP contribution is -2.25. The van der Waals surface area contributed by atoms with Crippen LogP contribution in [0.3, 0.4) is 0 Å². The van der Waals surface area contributed by atoms with E-state index in [0.717, 1.165) is 39.1 Å². The Balaban J connectivity index is 1.58. The topological polar surface area (TPSA) is 98.5 Å². The molecule has 3 aromatic rings. The summed E-state index contributed by atoms with van der Waals surface area (Å²) >= 11 is 0. The lowest BCUT2D eigenvalue weighted by Gasteiger charge is -2.21. The van der Waals surface area contributed by atoms with Crippen LogP contribution in [0.5, 0.6) is 5.75 Å². The number of amides is 1. The molecule has 7 heteroatoms. The molecule has 2 N–H and O–H groups in total. The number of allylic oxidation sites excluding steroid dienone is 2. The molecule has 0 radical (unpaired) electrons. The zero-order chi connectivity index (χ0) is 28.5. The number of hydrogen-bond acceptors (Lipinski definition) is 6. The first-order chi connectivity index (χ1) is 19.4. The molecule has 1 saturated heterocycles. The van der Waals surface area contributed by atoms with Crippen molar-refractivity contribution in [3.05, 3.63) is 119 Å². The lowest BCUT2D eigenvalue weighted by atomic mass is 10.0. The second-order valence-electron chi connectivity index (χ2n) is 9.91. The van der Waals surface area contributed by atoms with Crippen molar-refractivity contribution in [2.45, 2.75) is 39.5 Å². The quantitative estimate of drug-likeness (QED) is 0.313. The summed E-state index contributed by atoms with van der Waals surface area (Å²) in [6, 6.07) is 18.0. The molecular weight excluding hydrogens is 500 g/mol. The van der Waals surface area contributed by atoms with Gasteiger partial charge < -0.3 is 20.1 Å². The van der Waals surface area contributed by atoms with Crippen LogP contribution in [0.15, 0.2) is 90.8 Å². The number of β-amino-alcohol motifs (C(OH)–C–C–N with tert-alkyl or cyclic N) is 1. The Kier molecular flexibility index (Phi) is 9.50. The van der Waals surface area contributed by atoms with Crippen LogP contribution in [0.25, 0.3) is 6.08 Å². The molecule has 2 aromatic carbocycles. The summed E-state index contributed by atoms with van der Waals surface area (Å²) in [5, 5.41) is 22.7. The second kappa shape index (κ2) is 13.4. The highest BCUT2D eigenvalue weighted by Crippen LogP contribution is 2.31. The molecule has 0 unspecified atom stereocenters. The standard InChI is InChI=1S/C33H34N4O3/c1-4-8-28(23(2)11-25-9-6-5-7-10-25)19-36-31-15-32(40-22-27-13-26(16-34)17-35-18-27)29(12-24(31)3)20-37-21-30(38)14-33(37)39/h4-13,15,17-18,30,36,38H,1,14,19-22H2,2-3H3/b23-11+,28-8-/t30-/m0/s1. The molecule has 1 atom stereocenters. The molecule has 0 bridgehead atoms. The van der Waals surface area contributed by atoms with Crippen LogP contribution in [-0.4, -0.2) is 40.1 Å². The fraction of sp³-hybridized carbons (Fsp3) is 0.242. The zero-order valence-electron chi connectivity index (χ0n) is 22.9. The molecule has 0 aliphatic carbocycles. The van der Waals surface area contributed by atoms with Gasteiger partial charge in [0, 0.05) is 54.9 Å². The van der Waals surface area contributed by atoms with Crippen LogP contribution in [0.4, 0.5) is 5.69 Å². The Morgan fingerprint density at radius 1 is 1.27 bits per heavy atom. The molecule has 0 spiro atoms. The number of anilines is 1. The molecule has 1 aliphatic heterocycles. The molecule has 2 heterocycles. The van der Waals surface area contributed by atoms with Crippen molar-refractivity contribution in [1.82, 2.24) is 9.88 Å². The molecule has 204 valence electrons. The largest absolute Gasteiger partial charge is 0.488 e. The zero-order valence-corrected chi connectivity index (χ0v) is 22.9. The van der Waals surface area contributed by atoms with Gasteiger partial charge in [0.1, 0.15) is 18.4 Å². The average molecular weight is 535 g/mol. The number of likely N-dealkylation sites (tertiary alicyclic amines) is 1. The normalized spacial score (nSPS) is 15.6. The molecular formula is C33H34N4O3. The summed E-state index contributed by atoms with van der Waals surface area (Å²) in [7, 11) is 0. The monoisotopic (exact) mass is 534 g/mol. The maximum absolute atomic E-state index is 12.4. The number of aryl methyl sites for hydroxylation is 1. The third-order valence-electron chi connectivity index (χ3n) is 6.76. The number of carbonyl (C=O) groups excluding carboxylic acids is 1. The van der Waals surface area contributed by atoms with E-state index in [9.17, 15) is 15.2 Å². The average Bonchev–Trinajstić information content (AvgIpc) is 3.27. The molecule has 40 heavy (non-hydrogen) atoms. The highest BCUT2D eigenvalue weighted by Gasteiger charge is 2.28. The van der Waals surface area contributed by atoms with Gasteiger partial charge in [-0.3, -0.25) is 9.78 Å². The van der Waals surface area contributed by atoms with E-state index in [2.05, 4.69) is 48.1 Å². The van der Waals surface area contributed by atoms with Crippen molar-refractivity contribution < 1.29 is 14.6 Å². The summed E-state index contributed by atoms with van der Waals surface area (Å²) in [6.45, 7) is 9.41. The van der Waals surface area contributed by atoms with Gasteiger partial charge in [-0.05, 0) is 48.3 Å². The van der Waals surface area contributed by atoms with Crippen molar-refractivity contribution in [1.29, 1.82) is 5.26 Å². The van der Waals surface area contributed by atoms with Gasteiger partial charge in [0.25, 0.3) is 0 Å². The van der Waals surface area contributed by atoms with Crippen molar-refractivity contribution in [3.63, 3.8) is 0 Å². The fourth-order valence-corrected chi connectivity index (χ4v) is 4.65. The third kappa shape index (κ3) is 7.46. The van der Waals surface area contributed by atoms with Crippen LogP contribution in [0, 0.1) is 18.3 Å². The summed E-state index contributed by atoms with van der Waals surface area (Å²) in [6.07, 6.45) is 8.60. The van der Waals surface area contributed by atoms with Gasteiger partial charge in [-0.15, -0.1) is 0 Å². The summed E-state index contributed by atoms with van der Waals surface area (Å²) in [5.41, 5.74) is 7.33. The van der Waals surface area contributed by atoms with Gasteiger partial charge in [0.05, 0.1) is 18.1 Å². The number of ether oxygens (including phenoxy) is 1. The Hall–Kier alpha value is -4.67. The van der Waals surface area contributed by atoms with E-state index in [1.54, 1.807) is 23.2 Å². The van der Waals surface area contributed by atoms with E-state index in [1.165, 1.54) is 6.20 Å². The predicted molar refractivity (Wildman–Crippen MR) is 157 cm³/mol. The summed E-state index contributed by atoms with van der Waals surface area (Å²) in [5.74, 6) is 0.541. The molecule has 7 nitrogen and oxygen atoms in total. The van der Waals surface area contributed by atoms with Gasteiger partial charge in [-0.25, -0.2) is 0 Å². The number of pyridine rings is 1. The number of hydrogen-bond donors (Lipinski definition) is 2. The van der Waals surface area contributed by atoms with E-state index in [-0.39, 0.29) is 18.9 Å². The number of nitriles is 1. The van der Waals surface area contributed by atoms with Crippen LogP contribution in [-0.2, 0) is 17.9 Å². The number of carbonyl (C=O) groups is 1. The molecule has 1 aliphatic rings. The van der Waals surface area contributed by atoms with Crippen LogP contribution < -0.4 is 10.1 Å². The third-order valence-corrected chi connectivity index (χ3v) is 6.76. The number of nitrogens with zero attached hydrogens (tertiary/aromatic N) is 3. The lowest BCUT2D eigenvalue weighted by molar-refractivity contribution is -0.128. The maximum Gasteiger partial charge on any atom is 0.225 e. The van der Waals surface area contributed by atoms with Crippen molar-refractivity contribution >= 4 is 17.7 Å².